The Labute approximate surface area is 102 Å². The summed E-state index contributed by atoms with van der Waals surface area (Å²) in [6.45, 7) is 5.51. The topological polar surface area (TPSA) is 40.5 Å². The number of benzene rings is 1. The van der Waals surface area contributed by atoms with E-state index in [0.29, 0.717) is 17.4 Å². The first kappa shape index (κ1) is 12.0. The lowest BCUT2D eigenvalue weighted by Crippen LogP contribution is -2.34. The maximum absolute atomic E-state index is 11.0. The van der Waals surface area contributed by atoms with Gasteiger partial charge in [-0.1, -0.05) is 13.8 Å². The maximum atomic E-state index is 11.0. The van der Waals surface area contributed by atoms with Crippen LogP contribution in [0.3, 0.4) is 0 Å². The number of anilines is 1. The van der Waals surface area contributed by atoms with Crippen LogP contribution in [0, 0.1) is 11.8 Å². The molecule has 0 amide bonds. The monoisotopic (exact) mass is 233 g/mol. The molecule has 0 aliphatic carbocycles. The highest BCUT2D eigenvalue weighted by Gasteiger charge is 2.25. The number of rotatable bonds is 2. The molecule has 1 atom stereocenters. The molecule has 0 bridgehead atoms. The van der Waals surface area contributed by atoms with E-state index in [-0.39, 0.29) is 0 Å². The minimum atomic E-state index is -0.845. The molecule has 0 fully saturated rings. The van der Waals surface area contributed by atoms with Crippen molar-refractivity contribution in [3.63, 3.8) is 0 Å². The average Bonchev–Trinajstić information content (AvgIpc) is 2.27. The number of fused-ring (bicyclic) bond motifs is 1. The second kappa shape index (κ2) is 4.40. The van der Waals surface area contributed by atoms with Crippen molar-refractivity contribution in [3.05, 3.63) is 29.3 Å². The Hall–Kier alpha value is -1.51. The fraction of sp³-hybridized carbons (Fsp3) is 0.500. The Morgan fingerprint density at radius 1 is 1.47 bits per heavy atom. The van der Waals surface area contributed by atoms with Crippen LogP contribution < -0.4 is 4.90 Å². The van der Waals surface area contributed by atoms with Gasteiger partial charge in [0.15, 0.2) is 0 Å². The molecule has 1 aliphatic rings. The van der Waals surface area contributed by atoms with E-state index in [1.165, 1.54) is 5.69 Å². The van der Waals surface area contributed by atoms with E-state index in [9.17, 15) is 4.79 Å². The van der Waals surface area contributed by atoms with E-state index in [2.05, 4.69) is 25.8 Å². The van der Waals surface area contributed by atoms with Gasteiger partial charge in [-0.25, -0.2) is 4.79 Å². The standard InChI is InChI=1S/C14H19NO2/c1-9(2)12-7-11-6-10(14(16)17)4-5-13(11)15(3)8-12/h4-6,9,12H,7-8H2,1-3H3,(H,16,17). The molecule has 2 rings (SSSR count). The lowest BCUT2D eigenvalue weighted by molar-refractivity contribution is 0.0696. The molecule has 92 valence electrons. The van der Waals surface area contributed by atoms with Crippen LogP contribution in [-0.2, 0) is 6.42 Å². The summed E-state index contributed by atoms with van der Waals surface area (Å²) >= 11 is 0. The van der Waals surface area contributed by atoms with Gasteiger partial charge in [0.1, 0.15) is 0 Å². The predicted octanol–water partition coefficient (Wildman–Crippen LogP) is 2.65. The molecule has 17 heavy (non-hydrogen) atoms. The summed E-state index contributed by atoms with van der Waals surface area (Å²) in [5.41, 5.74) is 2.73. The molecule has 0 spiro atoms. The summed E-state index contributed by atoms with van der Waals surface area (Å²) in [6.07, 6.45) is 0.985. The third-order valence-corrected chi connectivity index (χ3v) is 3.67. The van der Waals surface area contributed by atoms with Gasteiger partial charge in [-0.15, -0.1) is 0 Å². The summed E-state index contributed by atoms with van der Waals surface area (Å²) in [5, 5.41) is 9.01. The molecule has 0 aromatic heterocycles. The van der Waals surface area contributed by atoms with Crippen molar-refractivity contribution in [3.8, 4) is 0 Å². The number of hydrogen-bond acceptors (Lipinski definition) is 2. The second-order valence-electron chi connectivity index (χ2n) is 5.24. The third kappa shape index (κ3) is 2.28. The molecule has 1 aliphatic heterocycles. The number of aromatic carboxylic acids is 1. The van der Waals surface area contributed by atoms with Crippen molar-refractivity contribution < 1.29 is 9.90 Å². The van der Waals surface area contributed by atoms with Gasteiger partial charge in [-0.2, -0.15) is 0 Å². The van der Waals surface area contributed by atoms with Gasteiger partial charge in [-0.05, 0) is 42.0 Å². The fourth-order valence-electron chi connectivity index (χ4n) is 2.50. The van der Waals surface area contributed by atoms with Crippen LogP contribution in [0.5, 0.6) is 0 Å². The molecular weight excluding hydrogens is 214 g/mol. The highest BCUT2D eigenvalue weighted by atomic mass is 16.4. The average molecular weight is 233 g/mol. The highest BCUT2D eigenvalue weighted by molar-refractivity contribution is 5.88. The molecule has 3 nitrogen and oxygen atoms in total. The predicted molar refractivity (Wildman–Crippen MR) is 68.7 cm³/mol. The number of hydrogen-bond donors (Lipinski definition) is 1. The lowest BCUT2D eigenvalue weighted by Gasteiger charge is -2.35. The van der Waals surface area contributed by atoms with Gasteiger partial charge >= 0.3 is 5.97 Å². The summed E-state index contributed by atoms with van der Waals surface area (Å²) in [5.74, 6) is 0.387. The van der Waals surface area contributed by atoms with Gasteiger partial charge in [-0.3, -0.25) is 0 Å². The Kier molecular flexibility index (Phi) is 3.09. The molecule has 1 aromatic carbocycles. The van der Waals surface area contributed by atoms with Crippen molar-refractivity contribution in [2.45, 2.75) is 20.3 Å². The fourth-order valence-corrected chi connectivity index (χ4v) is 2.50. The molecule has 3 heteroatoms. The van der Waals surface area contributed by atoms with E-state index in [0.717, 1.165) is 18.5 Å². The van der Waals surface area contributed by atoms with Gasteiger partial charge in [0, 0.05) is 19.3 Å². The van der Waals surface area contributed by atoms with Gasteiger partial charge in [0.25, 0.3) is 0 Å². The Morgan fingerprint density at radius 2 is 2.18 bits per heavy atom. The van der Waals surface area contributed by atoms with E-state index in [4.69, 9.17) is 5.11 Å². The second-order valence-corrected chi connectivity index (χ2v) is 5.24. The molecule has 1 aromatic rings. The van der Waals surface area contributed by atoms with Crippen molar-refractivity contribution in [1.29, 1.82) is 0 Å². The SMILES string of the molecule is CC(C)C1Cc2cc(C(=O)O)ccc2N(C)C1. The van der Waals surface area contributed by atoms with Crippen molar-refractivity contribution in [1.82, 2.24) is 0 Å². The molecule has 0 saturated carbocycles. The van der Waals surface area contributed by atoms with Crippen molar-refractivity contribution in [2.75, 3.05) is 18.5 Å². The maximum Gasteiger partial charge on any atom is 0.335 e. The Morgan fingerprint density at radius 3 is 2.76 bits per heavy atom. The van der Waals surface area contributed by atoms with Gasteiger partial charge in [0.05, 0.1) is 5.56 Å². The number of carboxylic acid groups (broad SMARTS) is 1. The van der Waals surface area contributed by atoms with Crippen LogP contribution in [0.15, 0.2) is 18.2 Å². The van der Waals surface area contributed by atoms with Crippen LogP contribution in [0.4, 0.5) is 5.69 Å². The number of carboxylic acids is 1. The zero-order chi connectivity index (χ0) is 12.6. The van der Waals surface area contributed by atoms with Crippen LogP contribution >= 0.6 is 0 Å². The third-order valence-electron chi connectivity index (χ3n) is 3.67. The normalized spacial score (nSPS) is 19.3. The summed E-state index contributed by atoms with van der Waals surface area (Å²) in [6, 6.07) is 5.44. The molecule has 0 radical (unpaired) electrons. The molecule has 1 N–H and O–H groups in total. The van der Waals surface area contributed by atoms with Crippen LogP contribution in [-0.4, -0.2) is 24.7 Å². The first-order chi connectivity index (χ1) is 7.99. The highest BCUT2D eigenvalue weighted by Crippen LogP contribution is 2.32. The summed E-state index contributed by atoms with van der Waals surface area (Å²) in [4.78, 5) is 13.2. The molecule has 1 heterocycles. The van der Waals surface area contributed by atoms with Crippen LogP contribution in [0.2, 0.25) is 0 Å². The summed E-state index contributed by atoms with van der Waals surface area (Å²) < 4.78 is 0. The van der Waals surface area contributed by atoms with E-state index >= 15 is 0 Å². The first-order valence-corrected chi connectivity index (χ1v) is 6.06. The number of carbonyl (C=O) groups is 1. The summed E-state index contributed by atoms with van der Waals surface area (Å²) in [7, 11) is 2.08. The largest absolute Gasteiger partial charge is 0.478 e. The molecular formula is C14H19NO2. The number of nitrogens with zero attached hydrogens (tertiary/aromatic N) is 1. The zero-order valence-electron chi connectivity index (χ0n) is 10.6. The van der Waals surface area contributed by atoms with Crippen LogP contribution in [0.1, 0.15) is 29.8 Å². The van der Waals surface area contributed by atoms with Gasteiger partial charge < -0.3 is 10.0 Å². The Balaban J connectivity index is 2.36. The van der Waals surface area contributed by atoms with E-state index in [1.54, 1.807) is 6.07 Å². The van der Waals surface area contributed by atoms with E-state index < -0.39 is 5.97 Å². The first-order valence-electron chi connectivity index (χ1n) is 6.06. The van der Waals surface area contributed by atoms with E-state index in [1.807, 2.05) is 12.1 Å². The minimum Gasteiger partial charge on any atom is -0.478 e. The zero-order valence-corrected chi connectivity index (χ0v) is 10.6. The molecule has 0 saturated heterocycles. The Bertz CT molecular complexity index is 440. The van der Waals surface area contributed by atoms with Crippen molar-refractivity contribution >= 4 is 11.7 Å². The minimum absolute atomic E-state index is 0.390. The van der Waals surface area contributed by atoms with Crippen molar-refractivity contribution in [2.24, 2.45) is 11.8 Å². The lowest BCUT2D eigenvalue weighted by atomic mass is 9.84. The smallest absolute Gasteiger partial charge is 0.335 e. The van der Waals surface area contributed by atoms with Gasteiger partial charge in [0.2, 0.25) is 0 Å². The molecule has 1 unspecified atom stereocenters. The van der Waals surface area contributed by atoms with Crippen LogP contribution in [0.25, 0.3) is 0 Å². The quantitative estimate of drug-likeness (QED) is 0.853.